The number of carbonyl (C=O) groups is 2. The van der Waals surface area contributed by atoms with E-state index in [-0.39, 0.29) is 29.6 Å². The molecule has 8 nitrogen and oxygen atoms in total. The highest BCUT2D eigenvalue weighted by molar-refractivity contribution is 5.98. The summed E-state index contributed by atoms with van der Waals surface area (Å²) in [5.74, 6) is -0.0460. The van der Waals surface area contributed by atoms with Crippen LogP contribution in [0.25, 0.3) is 11.0 Å². The zero-order valence-corrected chi connectivity index (χ0v) is 15.5. The molecule has 3 N–H and O–H groups in total. The molecule has 3 aromatic rings. The molecule has 0 unspecified atom stereocenters. The highest BCUT2D eigenvalue weighted by Gasteiger charge is 2.35. The molecule has 0 radical (unpaired) electrons. The number of rotatable bonds is 5. The van der Waals surface area contributed by atoms with Crippen molar-refractivity contribution in [3.05, 3.63) is 47.5 Å². The van der Waals surface area contributed by atoms with E-state index < -0.39 is 0 Å². The highest BCUT2D eigenvalue weighted by atomic mass is 16.2. The second-order valence-electron chi connectivity index (χ2n) is 7.05. The molecule has 1 saturated carbocycles. The molecule has 3 atom stereocenters. The molecule has 140 valence electrons. The number of carbonyl (C=O) groups excluding carboxylic acids is 2. The first-order valence-corrected chi connectivity index (χ1v) is 9.04. The molecule has 0 aromatic carbocycles. The van der Waals surface area contributed by atoms with E-state index in [4.69, 9.17) is 0 Å². The lowest BCUT2D eigenvalue weighted by Crippen LogP contribution is -2.29. The molecule has 3 heterocycles. The summed E-state index contributed by atoms with van der Waals surface area (Å²) in [6, 6.07) is 5.35. The Morgan fingerprint density at radius 2 is 2.11 bits per heavy atom. The van der Waals surface area contributed by atoms with Crippen molar-refractivity contribution < 1.29 is 9.59 Å². The minimum absolute atomic E-state index is 0.192. The third-order valence-corrected chi connectivity index (χ3v) is 5.16. The van der Waals surface area contributed by atoms with Crippen LogP contribution in [0.1, 0.15) is 52.9 Å². The van der Waals surface area contributed by atoms with Crippen molar-refractivity contribution >= 4 is 22.8 Å². The largest absolute Gasteiger partial charge is 0.354 e. The summed E-state index contributed by atoms with van der Waals surface area (Å²) in [6.45, 7) is 4.05. The predicted molar refractivity (Wildman–Crippen MR) is 101 cm³/mol. The average Bonchev–Trinajstić information content (AvgIpc) is 3.10. The smallest absolute Gasteiger partial charge is 0.271 e. The summed E-state index contributed by atoms with van der Waals surface area (Å²) in [4.78, 5) is 32.3. The van der Waals surface area contributed by atoms with Crippen LogP contribution < -0.4 is 10.6 Å². The Morgan fingerprint density at radius 3 is 2.81 bits per heavy atom. The van der Waals surface area contributed by atoms with Crippen LogP contribution >= 0.6 is 0 Å². The number of hydrogen-bond donors (Lipinski definition) is 3. The zero-order valence-electron chi connectivity index (χ0n) is 15.5. The average molecular weight is 366 g/mol. The van der Waals surface area contributed by atoms with Gasteiger partial charge in [0.05, 0.1) is 6.04 Å². The lowest BCUT2D eigenvalue weighted by Gasteiger charge is -2.17. The number of hydrogen-bond acceptors (Lipinski definition) is 4. The number of fused-ring (bicyclic) bond motifs is 1. The predicted octanol–water partition coefficient (Wildman–Crippen LogP) is 1.87. The number of amides is 2. The standard InChI is InChI=1S/C19H22N6O2/c1-10-8-14(10)23-19(27)16-9-15(18(26)20-3)24-25(16)11(2)12-4-6-21-17-13(12)5-7-22-17/h4-7,9-11,14H,8H2,1-3H3,(H,20,26)(H,21,22)(H,23,27)/t10-,11-,14-/m0/s1. The molecule has 2 amide bonds. The molecule has 1 aliphatic rings. The van der Waals surface area contributed by atoms with E-state index in [1.165, 1.54) is 0 Å². The molecule has 0 aliphatic heterocycles. The van der Waals surface area contributed by atoms with E-state index in [0.717, 1.165) is 23.0 Å². The fourth-order valence-electron chi connectivity index (χ4n) is 3.34. The Hall–Kier alpha value is -3.16. The van der Waals surface area contributed by atoms with Crippen LogP contribution in [0, 0.1) is 5.92 Å². The van der Waals surface area contributed by atoms with Crippen molar-refractivity contribution in [1.29, 1.82) is 0 Å². The first-order valence-electron chi connectivity index (χ1n) is 9.04. The van der Waals surface area contributed by atoms with E-state index in [1.54, 1.807) is 24.0 Å². The molecule has 8 heteroatoms. The number of H-pyrrole nitrogens is 1. The van der Waals surface area contributed by atoms with Crippen molar-refractivity contribution in [2.24, 2.45) is 5.92 Å². The summed E-state index contributed by atoms with van der Waals surface area (Å²) in [5, 5.41) is 11.0. The Balaban J connectivity index is 1.75. The maximum absolute atomic E-state index is 12.8. The lowest BCUT2D eigenvalue weighted by atomic mass is 10.1. The Labute approximate surface area is 156 Å². The first-order chi connectivity index (χ1) is 13.0. The SMILES string of the molecule is CNC(=O)c1cc(C(=O)N[C@H]2C[C@@H]2C)n([C@@H](C)c2ccnc3[nH]ccc23)n1. The highest BCUT2D eigenvalue weighted by Crippen LogP contribution is 2.30. The van der Waals surface area contributed by atoms with Gasteiger partial charge in [0.15, 0.2) is 5.69 Å². The van der Waals surface area contributed by atoms with Gasteiger partial charge in [-0.2, -0.15) is 5.10 Å². The number of nitrogens with one attached hydrogen (secondary N) is 3. The van der Waals surface area contributed by atoms with Crippen molar-refractivity contribution in [3.63, 3.8) is 0 Å². The van der Waals surface area contributed by atoms with E-state index in [0.29, 0.717) is 11.6 Å². The summed E-state index contributed by atoms with van der Waals surface area (Å²) in [5.41, 5.74) is 2.34. The Kier molecular flexibility index (Phi) is 4.18. The van der Waals surface area contributed by atoms with Gasteiger partial charge in [-0.05, 0) is 37.0 Å². The first kappa shape index (κ1) is 17.3. The Morgan fingerprint density at radius 1 is 1.33 bits per heavy atom. The van der Waals surface area contributed by atoms with Gasteiger partial charge in [0, 0.05) is 36.9 Å². The molecular weight excluding hydrogens is 344 g/mol. The van der Waals surface area contributed by atoms with Crippen molar-refractivity contribution in [1.82, 2.24) is 30.4 Å². The van der Waals surface area contributed by atoms with Gasteiger partial charge in [-0.25, -0.2) is 4.98 Å². The number of aromatic amines is 1. The van der Waals surface area contributed by atoms with Crippen LogP contribution in [0.3, 0.4) is 0 Å². The van der Waals surface area contributed by atoms with Gasteiger partial charge in [0.2, 0.25) is 0 Å². The third kappa shape index (κ3) is 3.07. The lowest BCUT2D eigenvalue weighted by molar-refractivity contribution is 0.0934. The molecule has 27 heavy (non-hydrogen) atoms. The molecule has 1 aliphatic carbocycles. The number of nitrogens with zero attached hydrogens (tertiary/aromatic N) is 3. The van der Waals surface area contributed by atoms with Crippen LogP contribution in [0.5, 0.6) is 0 Å². The molecule has 0 saturated heterocycles. The van der Waals surface area contributed by atoms with E-state index in [1.807, 2.05) is 25.3 Å². The molecular formula is C19H22N6O2. The van der Waals surface area contributed by atoms with Gasteiger partial charge in [-0.3, -0.25) is 14.3 Å². The van der Waals surface area contributed by atoms with Gasteiger partial charge >= 0.3 is 0 Å². The maximum atomic E-state index is 12.8. The fraction of sp³-hybridized carbons (Fsp3) is 0.368. The minimum atomic E-state index is -0.323. The molecule has 0 spiro atoms. The van der Waals surface area contributed by atoms with Crippen LogP contribution in [-0.2, 0) is 0 Å². The topological polar surface area (TPSA) is 105 Å². The molecule has 1 fully saturated rings. The normalized spacial score (nSPS) is 19.7. The van der Waals surface area contributed by atoms with Gasteiger partial charge < -0.3 is 15.6 Å². The van der Waals surface area contributed by atoms with Crippen molar-refractivity contribution in [3.8, 4) is 0 Å². The van der Waals surface area contributed by atoms with Gasteiger partial charge in [-0.1, -0.05) is 6.92 Å². The Bertz CT molecular complexity index is 1020. The summed E-state index contributed by atoms with van der Waals surface area (Å²) in [7, 11) is 1.54. The third-order valence-electron chi connectivity index (χ3n) is 5.16. The van der Waals surface area contributed by atoms with E-state index in [2.05, 4.69) is 32.6 Å². The maximum Gasteiger partial charge on any atom is 0.271 e. The summed E-state index contributed by atoms with van der Waals surface area (Å²) < 4.78 is 1.62. The van der Waals surface area contributed by atoms with E-state index >= 15 is 0 Å². The summed E-state index contributed by atoms with van der Waals surface area (Å²) in [6.07, 6.45) is 4.53. The second-order valence-corrected chi connectivity index (χ2v) is 7.05. The van der Waals surface area contributed by atoms with Gasteiger partial charge in [0.25, 0.3) is 11.8 Å². The van der Waals surface area contributed by atoms with Crippen LogP contribution in [0.15, 0.2) is 30.6 Å². The van der Waals surface area contributed by atoms with Crippen LogP contribution in [-0.4, -0.2) is 44.7 Å². The molecule has 4 rings (SSSR count). The van der Waals surface area contributed by atoms with Crippen LogP contribution in [0.2, 0.25) is 0 Å². The van der Waals surface area contributed by atoms with Gasteiger partial charge in [0.1, 0.15) is 11.3 Å². The number of aromatic nitrogens is 4. The van der Waals surface area contributed by atoms with E-state index in [9.17, 15) is 9.59 Å². The zero-order chi connectivity index (χ0) is 19.1. The molecule has 3 aromatic heterocycles. The number of pyridine rings is 1. The minimum Gasteiger partial charge on any atom is -0.354 e. The summed E-state index contributed by atoms with van der Waals surface area (Å²) >= 11 is 0. The van der Waals surface area contributed by atoms with Crippen molar-refractivity contribution in [2.75, 3.05) is 7.05 Å². The van der Waals surface area contributed by atoms with Crippen LogP contribution in [0.4, 0.5) is 0 Å². The quantitative estimate of drug-likeness (QED) is 0.641. The second kappa shape index (κ2) is 6.53. The molecule has 0 bridgehead atoms. The monoisotopic (exact) mass is 366 g/mol. The van der Waals surface area contributed by atoms with Gasteiger partial charge in [-0.15, -0.1) is 0 Å². The fourth-order valence-corrected chi connectivity index (χ4v) is 3.34. The van der Waals surface area contributed by atoms with Crippen molar-refractivity contribution in [2.45, 2.75) is 32.4 Å².